The molecule has 0 spiro atoms. The first-order valence-electron chi connectivity index (χ1n) is 5.82. The molecule has 96 valence electrons. The van der Waals surface area contributed by atoms with Gasteiger partial charge in [-0.3, -0.25) is 0 Å². The van der Waals surface area contributed by atoms with Gasteiger partial charge in [-0.15, -0.1) is 0 Å². The molecule has 1 aromatic carbocycles. The van der Waals surface area contributed by atoms with Gasteiger partial charge in [-0.1, -0.05) is 11.6 Å². The Morgan fingerprint density at radius 1 is 1.16 bits per heavy atom. The van der Waals surface area contributed by atoms with Gasteiger partial charge in [-0.2, -0.15) is 11.3 Å². The van der Waals surface area contributed by atoms with Crippen LogP contribution in [-0.4, -0.2) is 24.1 Å². The molecule has 2 heterocycles. The highest BCUT2D eigenvalue weighted by molar-refractivity contribution is 7.08. The predicted molar refractivity (Wildman–Crippen MR) is 82.2 cm³/mol. The van der Waals surface area contributed by atoms with Gasteiger partial charge in [0.25, 0.3) is 0 Å². The molecule has 3 nitrogen and oxygen atoms in total. The summed E-state index contributed by atoms with van der Waals surface area (Å²) in [5.74, 6) is 0.677. The molecule has 3 aromatic rings. The van der Waals surface area contributed by atoms with Gasteiger partial charge in [0.1, 0.15) is 5.15 Å². The van der Waals surface area contributed by atoms with E-state index in [1.807, 2.05) is 54.0 Å². The first-order chi connectivity index (χ1) is 9.15. The monoisotopic (exact) mass is 289 g/mol. The van der Waals surface area contributed by atoms with Crippen LogP contribution in [0.15, 0.2) is 35.0 Å². The Hall–Kier alpha value is -1.65. The molecule has 0 atom stereocenters. The van der Waals surface area contributed by atoms with Crippen molar-refractivity contribution in [3.05, 3.63) is 40.2 Å². The minimum Gasteiger partial charge on any atom is -0.378 e. The number of nitrogens with zero attached hydrogens (tertiary/aromatic N) is 3. The normalized spacial score (nSPS) is 10.9. The minimum absolute atomic E-state index is 0.495. The zero-order chi connectivity index (χ0) is 13.4. The molecule has 0 unspecified atom stereocenters. The van der Waals surface area contributed by atoms with Gasteiger partial charge in [-0.25, -0.2) is 9.97 Å². The third-order valence-electron chi connectivity index (χ3n) is 2.93. The molecule has 2 aromatic heterocycles. The van der Waals surface area contributed by atoms with Crippen LogP contribution in [0.3, 0.4) is 0 Å². The highest BCUT2D eigenvalue weighted by Gasteiger charge is 2.09. The maximum atomic E-state index is 6.29. The molecule has 5 heteroatoms. The van der Waals surface area contributed by atoms with E-state index < -0.39 is 0 Å². The molecule has 3 rings (SSSR count). The number of thiophene rings is 1. The van der Waals surface area contributed by atoms with Crippen molar-refractivity contribution in [1.82, 2.24) is 9.97 Å². The molecule has 0 N–H and O–H groups in total. The Labute approximate surface area is 120 Å². The molecular formula is C14H12ClN3S. The van der Waals surface area contributed by atoms with E-state index >= 15 is 0 Å². The van der Waals surface area contributed by atoms with Crippen molar-refractivity contribution in [2.75, 3.05) is 19.0 Å². The number of anilines is 1. The molecule has 0 bridgehead atoms. The predicted octanol–water partition coefficient (Wildman–Crippen LogP) is 4.08. The minimum atomic E-state index is 0.495. The van der Waals surface area contributed by atoms with Crippen molar-refractivity contribution in [3.8, 4) is 11.4 Å². The Balaban J connectivity index is 2.20. The van der Waals surface area contributed by atoms with Crippen molar-refractivity contribution >= 4 is 39.5 Å². The van der Waals surface area contributed by atoms with Crippen LogP contribution in [0.1, 0.15) is 0 Å². The van der Waals surface area contributed by atoms with Crippen molar-refractivity contribution < 1.29 is 0 Å². The van der Waals surface area contributed by atoms with Gasteiger partial charge in [0.05, 0.1) is 5.52 Å². The van der Waals surface area contributed by atoms with E-state index in [2.05, 4.69) is 9.97 Å². The van der Waals surface area contributed by atoms with Crippen molar-refractivity contribution in [3.63, 3.8) is 0 Å². The van der Waals surface area contributed by atoms with E-state index in [0.29, 0.717) is 11.0 Å². The average Bonchev–Trinajstić information content (AvgIpc) is 2.92. The summed E-state index contributed by atoms with van der Waals surface area (Å²) in [4.78, 5) is 11.0. The zero-order valence-electron chi connectivity index (χ0n) is 10.6. The Morgan fingerprint density at radius 2 is 2.00 bits per heavy atom. The number of benzene rings is 1. The molecule has 0 aliphatic rings. The average molecular weight is 290 g/mol. The van der Waals surface area contributed by atoms with Crippen molar-refractivity contribution in [2.45, 2.75) is 0 Å². The highest BCUT2D eigenvalue weighted by Crippen LogP contribution is 2.28. The van der Waals surface area contributed by atoms with Crippen LogP contribution in [0.5, 0.6) is 0 Å². The lowest BCUT2D eigenvalue weighted by molar-refractivity contribution is 1.13. The molecule has 0 aliphatic carbocycles. The van der Waals surface area contributed by atoms with Gasteiger partial charge in [0, 0.05) is 36.1 Å². The molecular weight excluding hydrogens is 278 g/mol. The molecule has 0 radical (unpaired) electrons. The molecule has 19 heavy (non-hydrogen) atoms. The van der Waals surface area contributed by atoms with E-state index in [9.17, 15) is 0 Å². The lowest BCUT2D eigenvalue weighted by atomic mass is 10.2. The van der Waals surface area contributed by atoms with Crippen molar-refractivity contribution in [1.29, 1.82) is 0 Å². The number of hydrogen-bond acceptors (Lipinski definition) is 4. The Morgan fingerprint density at radius 3 is 2.68 bits per heavy atom. The van der Waals surface area contributed by atoms with E-state index in [1.54, 1.807) is 11.3 Å². The fraction of sp³-hybridized carbons (Fsp3) is 0.143. The standard InChI is InChI=1S/C14H12ClN3S/c1-18(2)10-3-4-12-11(7-10)13(15)17-14(16-12)9-5-6-19-8-9/h3-8H,1-2H3. The largest absolute Gasteiger partial charge is 0.378 e. The number of halogens is 1. The van der Waals surface area contributed by atoms with Gasteiger partial charge >= 0.3 is 0 Å². The smallest absolute Gasteiger partial charge is 0.162 e. The van der Waals surface area contributed by atoms with Gasteiger partial charge in [0.2, 0.25) is 0 Å². The summed E-state index contributed by atoms with van der Waals surface area (Å²) in [6.45, 7) is 0. The van der Waals surface area contributed by atoms with E-state index in [-0.39, 0.29) is 0 Å². The summed E-state index contributed by atoms with van der Waals surface area (Å²) in [6, 6.07) is 8.02. The summed E-state index contributed by atoms with van der Waals surface area (Å²) in [6.07, 6.45) is 0. The fourth-order valence-electron chi connectivity index (χ4n) is 1.88. The van der Waals surface area contributed by atoms with Gasteiger partial charge in [-0.05, 0) is 29.6 Å². The quantitative estimate of drug-likeness (QED) is 0.666. The third kappa shape index (κ3) is 2.29. The molecule has 0 saturated carbocycles. The van der Waals surface area contributed by atoms with Crippen molar-refractivity contribution in [2.24, 2.45) is 0 Å². The van der Waals surface area contributed by atoms with Gasteiger partial charge in [0.15, 0.2) is 5.82 Å². The fourth-order valence-corrected chi connectivity index (χ4v) is 2.74. The summed E-state index contributed by atoms with van der Waals surface area (Å²) in [5, 5.41) is 5.40. The second-order valence-corrected chi connectivity index (χ2v) is 5.58. The Bertz CT molecular complexity index is 723. The van der Waals surface area contributed by atoms with Crippen LogP contribution < -0.4 is 4.90 Å². The summed E-state index contributed by atoms with van der Waals surface area (Å²) >= 11 is 7.91. The van der Waals surface area contributed by atoms with E-state index in [4.69, 9.17) is 11.6 Å². The molecule has 0 amide bonds. The second kappa shape index (κ2) is 4.79. The second-order valence-electron chi connectivity index (χ2n) is 4.45. The summed E-state index contributed by atoms with van der Waals surface area (Å²) < 4.78 is 0. The van der Waals surface area contributed by atoms with Gasteiger partial charge < -0.3 is 4.90 Å². The van der Waals surface area contributed by atoms with E-state index in [0.717, 1.165) is 22.2 Å². The zero-order valence-corrected chi connectivity index (χ0v) is 12.2. The van der Waals surface area contributed by atoms with Crippen LogP contribution in [-0.2, 0) is 0 Å². The molecule has 0 fully saturated rings. The summed E-state index contributed by atoms with van der Waals surface area (Å²) in [7, 11) is 3.99. The lowest BCUT2D eigenvalue weighted by Crippen LogP contribution is -2.08. The first kappa shape index (κ1) is 12.4. The van der Waals surface area contributed by atoms with Crippen LogP contribution in [0, 0.1) is 0 Å². The number of fused-ring (bicyclic) bond motifs is 1. The third-order valence-corrected chi connectivity index (χ3v) is 3.90. The lowest BCUT2D eigenvalue weighted by Gasteiger charge is -2.13. The van der Waals surface area contributed by atoms with Crippen LogP contribution >= 0.6 is 22.9 Å². The molecule has 0 saturated heterocycles. The van der Waals surface area contributed by atoms with Crippen LogP contribution in [0.25, 0.3) is 22.3 Å². The van der Waals surface area contributed by atoms with E-state index in [1.165, 1.54) is 0 Å². The van der Waals surface area contributed by atoms with Crippen LogP contribution in [0.4, 0.5) is 5.69 Å². The summed E-state index contributed by atoms with van der Waals surface area (Å²) in [5.41, 5.74) is 2.96. The maximum absolute atomic E-state index is 6.29. The first-order valence-corrected chi connectivity index (χ1v) is 7.14. The number of hydrogen-bond donors (Lipinski definition) is 0. The van der Waals surface area contributed by atoms with Crippen LogP contribution in [0.2, 0.25) is 5.15 Å². The SMILES string of the molecule is CN(C)c1ccc2nc(-c3ccsc3)nc(Cl)c2c1. The number of aromatic nitrogens is 2. The number of rotatable bonds is 2. The topological polar surface area (TPSA) is 29.0 Å². The molecule has 0 aliphatic heterocycles. The highest BCUT2D eigenvalue weighted by atomic mass is 35.5. The Kier molecular flexibility index (Phi) is 3.12. The maximum Gasteiger partial charge on any atom is 0.162 e.